The van der Waals surface area contributed by atoms with E-state index in [2.05, 4.69) is 22.2 Å². The number of aromatic nitrogens is 3. The van der Waals surface area contributed by atoms with Crippen LogP contribution in [-0.4, -0.2) is 26.8 Å². The Morgan fingerprint density at radius 2 is 2.46 bits per heavy atom. The van der Waals surface area contributed by atoms with Crippen molar-refractivity contribution in [2.45, 2.75) is 18.6 Å². The lowest BCUT2D eigenvalue weighted by Crippen LogP contribution is -2.02. The Bertz CT molecular complexity index is 373. The first kappa shape index (κ1) is 8.96. The largest absolute Gasteiger partial charge is 0.354 e. The van der Waals surface area contributed by atoms with E-state index in [1.165, 1.54) is 0 Å². The molecule has 0 atom stereocenters. The van der Waals surface area contributed by atoms with E-state index in [9.17, 15) is 0 Å². The molecule has 1 aliphatic heterocycles. The molecule has 4 nitrogen and oxygen atoms in total. The van der Waals surface area contributed by atoms with Gasteiger partial charge in [0.1, 0.15) is 0 Å². The molecule has 0 saturated carbocycles. The number of hydrogen-bond donors (Lipinski definition) is 1. The van der Waals surface area contributed by atoms with Crippen molar-refractivity contribution in [3.63, 3.8) is 0 Å². The maximum Gasteiger partial charge on any atom is 0.207 e. The Morgan fingerprint density at radius 3 is 3.23 bits per heavy atom. The lowest BCUT2D eigenvalue weighted by Gasteiger charge is -2.03. The van der Waals surface area contributed by atoms with Gasteiger partial charge in [0.25, 0.3) is 0 Å². The van der Waals surface area contributed by atoms with Crippen LogP contribution in [-0.2, 0) is 6.54 Å². The van der Waals surface area contributed by atoms with Gasteiger partial charge in [0.05, 0.1) is 0 Å². The van der Waals surface area contributed by atoms with Crippen LogP contribution in [0.4, 0.5) is 5.95 Å². The summed E-state index contributed by atoms with van der Waals surface area (Å²) in [6.45, 7) is 3.86. The molecule has 6 heteroatoms. The zero-order valence-corrected chi connectivity index (χ0v) is 8.91. The first-order valence-electron chi connectivity index (χ1n) is 4.17. The molecule has 2 heterocycles. The van der Waals surface area contributed by atoms with Crippen LogP contribution in [0.5, 0.6) is 0 Å². The van der Waals surface area contributed by atoms with Gasteiger partial charge >= 0.3 is 0 Å². The second-order valence-corrected chi connectivity index (χ2v) is 4.22. The van der Waals surface area contributed by atoms with Crippen LogP contribution in [0.15, 0.2) is 5.16 Å². The molecule has 0 bridgehead atoms. The molecule has 1 aromatic rings. The lowest BCUT2D eigenvalue weighted by atomic mass is 10.7. The molecule has 0 aromatic carbocycles. The monoisotopic (exact) mass is 214 g/mol. The van der Waals surface area contributed by atoms with Crippen molar-refractivity contribution in [1.29, 1.82) is 0 Å². The van der Waals surface area contributed by atoms with Gasteiger partial charge in [0.2, 0.25) is 10.7 Å². The molecule has 1 aliphatic rings. The second kappa shape index (κ2) is 3.63. The molecular formula is C7H10N4S2. The van der Waals surface area contributed by atoms with Crippen molar-refractivity contribution in [2.24, 2.45) is 0 Å². The summed E-state index contributed by atoms with van der Waals surface area (Å²) in [5.74, 6) is 1.83. The molecule has 0 unspecified atom stereocenters. The average molecular weight is 214 g/mol. The first-order chi connectivity index (χ1) is 6.31. The zero-order chi connectivity index (χ0) is 9.26. The Hall–Kier alpha value is -0.620. The third-order valence-electron chi connectivity index (χ3n) is 1.77. The highest BCUT2D eigenvalue weighted by Crippen LogP contribution is 2.17. The summed E-state index contributed by atoms with van der Waals surface area (Å²) in [5.41, 5.74) is 0. The number of thioether (sulfide) groups is 1. The third kappa shape index (κ3) is 1.68. The van der Waals surface area contributed by atoms with E-state index in [0.717, 1.165) is 29.9 Å². The number of nitrogens with zero attached hydrogens (tertiary/aromatic N) is 3. The van der Waals surface area contributed by atoms with Crippen molar-refractivity contribution >= 4 is 29.9 Å². The summed E-state index contributed by atoms with van der Waals surface area (Å²) >= 11 is 6.75. The minimum absolute atomic E-state index is 0.631. The van der Waals surface area contributed by atoms with E-state index in [0.29, 0.717) is 4.77 Å². The molecule has 0 radical (unpaired) electrons. The van der Waals surface area contributed by atoms with Crippen LogP contribution < -0.4 is 5.32 Å². The lowest BCUT2D eigenvalue weighted by molar-refractivity contribution is 0.721. The molecule has 0 spiro atoms. The summed E-state index contributed by atoms with van der Waals surface area (Å²) in [4.78, 5) is 8.57. The Labute approximate surface area is 85.8 Å². The normalized spacial score (nSPS) is 13.9. The molecule has 13 heavy (non-hydrogen) atoms. The van der Waals surface area contributed by atoms with E-state index in [4.69, 9.17) is 12.2 Å². The van der Waals surface area contributed by atoms with Gasteiger partial charge in [-0.25, -0.2) is 0 Å². The van der Waals surface area contributed by atoms with Gasteiger partial charge in [-0.3, -0.25) is 4.57 Å². The van der Waals surface area contributed by atoms with Gasteiger partial charge in [0, 0.05) is 13.1 Å². The van der Waals surface area contributed by atoms with Crippen LogP contribution in [0.1, 0.15) is 6.92 Å². The Morgan fingerprint density at radius 1 is 1.62 bits per heavy atom. The maximum absolute atomic E-state index is 5.14. The van der Waals surface area contributed by atoms with Crippen LogP contribution in [0, 0.1) is 4.77 Å². The highest BCUT2D eigenvalue weighted by Gasteiger charge is 2.12. The minimum Gasteiger partial charge on any atom is -0.354 e. The molecule has 0 fully saturated rings. The van der Waals surface area contributed by atoms with Crippen LogP contribution >= 0.6 is 24.0 Å². The average Bonchev–Trinajstić information content (AvgIpc) is 2.53. The minimum atomic E-state index is 0.631. The van der Waals surface area contributed by atoms with E-state index in [-0.39, 0.29) is 0 Å². The van der Waals surface area contributed by atoms with E-state index in [1.54, 1.807) is 11.8 Å². The number of anilines is 1. The third-order valence-corrected chi connectivity index (χ3v) is 2.81. The molecule has 1 N–H and O–H groups in total. The van der Waals surface area contributed by atoms with Gasteiger partial charge in [-0.05, 0) is 18.0 Å². The quantitative estimate of drug-likeness (QED) is 0.597. The van der Waals surface area contributed by atoms with Gasteiger partial charge in [-0.2, -0.15) is 9.97 Å². The number of nitrogens with one attached hydrogen (secondary N) is 1. The van der Waals surface area contributed by atoms with Crippen molar-refractivity contribution in [1.82, 2.24) is 14.5 Å². The molecular weight excluding hydrogens is 204 g/mol. The standard InChI is InChI=1S/C7H10N4S2/c1-2-13-6-9-5-8-3-4-11(5)7(12)10-6/h2-4H2,1H3,(H,8,9,10,12). The Kier molecular flexibility index (Phi) is 2.50. The SMILES string of the molecule is CCSc1nc2n(c(=S)n1)CCN2. The van der Waals surface area contributed by atoms with E-state index < -0.39 is 0 Å². The predicted octanol–water partition coefficient (Wildman–Crippen LogP) is 1.55. The number of rotatable bonds is 2. The van der Waals surface area contributed by atoms with Crippen molar-refractivity contribution in [3.8, 4) is 0 Å². The zero-order valence-electron chi connectivity index (χ0n) is 7.28. The Balaban J connectivity index is 2.44. The highest BCUT2D eigenvalue weighted by atomic mass is 32.2. The summed E-state index contributed by atoms with van der Waals surface area (Å²) < 4.78 is 2.56. The summed E-state index contributed by atoms with van der Waals surface area (Å²) in [6.07, 6.45) is 0. The smallest absolute Gasteiger partial charge is 0.207 e. The maximum atomic E-state index is 5.14. The summed E-state index contributed by atoms with van der Waals surface area (Å²) in [6, 6.07) is 0. The van der Waals surface area contributed by atoms with Gasteiger partial charge in [-0.1, -0.05) is 18.7 Å². The fraction of sp³-hybridized carbons (Fsp3) is 0.571. The van der Waals surface area contributed by atoms with Crippen LogP contribution in [0.2, 0.25) is 0 Å². The highest BCUT2D eigenvalue weighted by molar-refractivity contribution is 7.99. The second-order valence-electron chi connectivity index (χ2n) is 2.62. The van der Waals surface area contributed by atoms with Gasteiger partial charge in [-0.15, -0.1) is 0 Å². The fourth-order valence-corrected chi connectivity index (χ4v) is 2.10. The molecule has 0 aliphatic carbocycles. The molecule has 70 valence electrons. The summed E-state index contributed by atoms with van der Waals surface area (Å²) in [7, 11) is 0. The predicted molar refractivity (Wildman–Crippen MR) is 55.7 cm³/mol. The van der Waals surface area contributed by atoms with Gasteiger partial charge in [0.15, 0.2) is 5.16 Å². The first-order valence-corrected chi connectivity index (χ1v) is 5.56. The van der Waals surface area contributed by atoms with E-state index in [1.807, 2.05) is 4.57 Å². The van der Waals surface area contributed by atoms with Crippen LogP contribution in [0.25, 0.3) is 0 Å². The number of hydrogen-bond acceptors (Lipinski definition) is 5. The number of fused-ring (bicyclic) bond motifs is 1. The topological polar surface area (TPSA) is 42.7 Å². The van der Waals surface area contributed by atoms with Gasteiger partial charge < -0.3 is 5.32 Å². The molecule has 2 rings (SSSR count). The van der Waals surface area contributed by atoms with Crippen molar-refractivity contribution in [2.75, 3.05) is 17.6 Å². The van der Waals surface area contributed by atoms with E-state index >= 15 is 0 Å². The fourth-order valence-electron chi connectivity index (χ4n) is 1.22. The molecule has 0 saturated heterocycles. The molecule has 1 aromatic heterocycles. The van der Waals surface area contributed by atoms with Crippen LogP contribution in [0.3, 0.4) is 0 Å². The van der Waals surface area contributed by atoms with Crippen molar-refractivity contribution < 1.29 is 0 Å². The molecule has 0 amide bonds. The van der Waals surface area contributed by atoms with Crippen molar-refractivity contribution in [3.05, 3.63) is 4.77 Å². The summed E-state index contributed by atoms with van der Waals surface area (Å²) in [5, 5.41) is 3.94.